The van der Waals surface area contributed by atoms with Crippen molar-refractivity contribution in [1.82, 2.24) is 4.57 Å². The van der Waals surface area contributed by atoms with E-state index in [2.05, 4.69) is 4.84 Å². The molecule has 1 aromatic rings. The van der Waals surface area contributed by atoms with Gasteiger partial charge in [-0.05, 0) is 12.8 Å². The van der Waals surface area contributed by atoms with Crippen molar-refractivity contribution >= 4 is 0 Å². The maximum atomic E-state index is 9.34. The normalized spacial score (nSPS) is 10.7. The van der Waals surface area contributed by atoms with Crippen molar-refractivity contribution in [3.8, 4) is 11.8 Å². The molecule has 0 saturated heterocycles. The predicted octanol–water partition coefficient (Wildman–Crippen LogP) is 1.35. The van der Waals surface area contributed by atoms with Gasteiger partial charge in [0, 0.05) is 18.7 Å². The second-order valence-electron chi connectivity index (χ2n) is 3.49. The summed E-state index contributed by atoms with van der Waals surface area (Å²) < 4.78 is 1.49. The Hall–Kier alpha value is -1.20. The van der Waals surface area contributed by atoms with Gasteiger partial charge in [-0.2, -0.15) is 0 Å². The van der Waals surface area contributed by atoms with Crippen LogP contribution in [0.1, 0.15) is 25.7 Å². The molecule has 0 bridgehead atoms. The van der Waals surface area contributed by atoms with Gasteiger partial charge in [0.05, 0.1) is 6.61 Å². The van der Waals surface area contributed by atoms with E-state index >= 15 is 0 Å². The van der Waals surface area contributed by atoms with Gasteiger partial charge < -0.3 is 15.1 Å². The van der Waals surface area contributed by atoms with E-state index in [1.54, 1.807) is 0 Å². The second-order valence-corrected chi connectivity index (χ2v) is 3.49. The first kappa shape index (κ1) is 11.9. The highest BCUT2D eigenvalue weighted by Gasteiger charge is 2.04. The molecule has 15 heavy (non-hydrogen) atoms. The van der Waals surface area contributed by atoms with Crippen LogP contribution in [0.25, 0.3) is 0 Å². The van der Waals surface area contributed by atoms with Crippen molar-refractivity contribution in [2.24, 2.45) is 5.90 Å². The molecule has 0 aromatic carbocycles. The van der Waals surface area contributed by atoms with E-state index in [1.165, 1.54) is 16.7 Å². The molecule has 4 N–H and O–H groups in total. The van der Waals surface area contributed by atoms with E-state index in [9.17, 15) is 10.2 Å². The third-order valence-corrected chi connectivity index (χ3v) is 2.33. The Morgan fingerprint density at radius 1 is 1.07 bits per heavy atom. The Balaban J connectivity index is 2.15. The lowest BCUT2D eigenvalue weighted by Gasteiger charge is -2.06. The van der Waals surface area contributed by atoms with Gasteiger partial charge in [-0.15, -0.1) is 0 Å². The molecule has 1 rings (SSSR count). The number of unbranched alkanes of at least 4 members (excludes halogenated alkanes) is 3. The van der Waals surface area contributed by atoms with Crippen molar-refractivity contribution in [2.75, 3.05) is 6.61 Å². The maximum absolute atomic E-state index is 9.34. The molecule has 0 radical (unpaired) electrons. The summed E-state index contributed by atoms with van der Waals surface area (Å²) in [7, 11) is 0. The molecule has 0 spiro atoms. The van der Waals surface area contributed by atoms with Crippen LogP contribution >= 0.6 is 0 Å². The highest BCUT2D eigenvalue weighted by atomic mass is 16.6. The van der Waals surface area contributed by atoms with Crippen LogP contribution in [0.2, 0.25) is 0 Å². The quantitative estimate of drug-likeness (QED) is 0.472. The fourth-order valence-electron chi connectivity index (χ4n) is 1.48. The second kappa shape index (κ2) is 6.31. The first-order chi connectivity index (χ1) is 7.25. The van der Waals surface area contributed by atoms with Crippen LogP contribution in [-0.2, 0) is 11.4 Å². The van der Waals surface area contributed by atoms with Gasteiger partial charge in [-0.25, -0.2) is 5.90 Å². The first-order valence-corrected chi connectivity index (χ1v) is 5.15. The van der Waals surface area contributed by atoms with Crippen LogP contribution in [0.3, 0.4) is 0 Å². The lowest BCUT2D eigenvalue weighted by atomic mass is 10.2. The minimum absolute atomic E-state index is 0.109. The fourth-order valence-corrected chi connectivity index (χ4v) is 1.48. The smallest absolute Gasteiger partial charge is 0.193 e. The van der Waals surface area contributed by atoms with Gasteiger partial charge in [0.1, 0.15) is 0 Å². The molecule has 1 heterocycles. The number of aromatic hydroxyl groups is 2. The molecule has 5 heteroatoms. The van der Waals surface area contributed by atoms with Gasteiger partial charge in [0.25, 0.3) is 0 Å². The van der Waals surface area contributed by atoms with Crippen LogP contribution in [0.15, 0.2) is 12.1 Å². The van der Waals surface area contributed by atoms with Crippen LogP contribution in [-0.4, -0.2) is 21.4 Å². The molecule has 0 fully saturated rings. The number of nitrogens with zero attached hydrogens (tertiary/aromatic N) is 1. The Morgan fingerprint density at radius 3 is 2.27 bits per heavy atom. The van der Waals surface area contributed by atoms with Crippen LogP contribution in [0, 0.1) is 0 Å². The summed E-state index contributed by atoms with van der Waals surface area (Å²) in [4.78, 5) is 4.45. The largest absolute Gasteiger partial charge is 0.494 e. The fraction of sp³-hybridized carbons (Fsp3) is 0.600. The third kappa shape index (κ3) is 3.81. The molecule has 1 aromatic heterocycles. The standard InChI is InChI=1S/C10H18N2O3/c11-15-8-4-2-1-3-7-12-9(13)5-6-10(12)14/h5-6,13-14H,1-4,7-8,11H2. The van der Waals surface area contributed by atoms with E-state index in [4.69, 9.17) is 5.90 Å². The van der Waals surface area contributed by atoms with Gasteiger partial charge >= 0.3 is 0 Å². The number of aromatic nitrogens is 1. The molecule has 0 atom stereocenters. The highest BCUT2D eigenvalue weighted by Crippen LogP contribution is 2.21. The Labute approximate surface area is 89.0 Å². The monoisotopic (exact) mass is 214 g/mol. The molecule has 86 valence electrons. The van der Waals surface area contributed by atoms with E-state index in [-0.39, 0.29) is 11.8 Å². The van der Waals surface area contributed by atoms with Crippen LogP contribution in [0.4, 0.5) is 0 Å². The molecule has 5 nitrogen and oxygen atoms in total. The van der Waals surface area contributed by atoms with Crippen LogP contribution in [0.5, 0.6) is 11.8 Å². The van der Waals surface area contributed by atoms with Gasteiger partial charge in [-0.1, -0.05) is 12.8 Å². The molecule has 0 unspecified atom stereocenters. The third-order valence-electron chi connectivity index (χ3n) is 2.33. The summed E-state index contributed by atoms with van der Waals surface area (Å²) >= 11 is 0. The summed E-state index contributed by atoms with van der Waals surface area (Å²) in [5, 5.41) is 18.7. The van der Waals surface area contributed by atoms with Crippen molar-refractivity contribution in [2.45, 2.75) is 32.2 Å². The zero-order chi connectivity index (χ0) is 11.1. The van der Waals surface area contributed by atoms with Gasteiger partial charge in [0.2, 0.25) is 0 Å². The summed E-state index contributed by atoms with van der Waals surface area (Å²) in [6, 6.07) is 2.97. The molecule has 0 amide bonds. The van der Waals surface area contributed by atoms with Crippen molar-refractivity contribution in [3.05, 3.63) is 12.1 Å². The van der Waals surface area contributed by atoms with E-state index < -0.39 is 0 Å². The molecule has 0 aliphatic rings. The van der Waals surface area contributed by atoms with Crippen molar-refractivity contribution in [1.29, 1.82) is 0 Å². The first-order valence-electron chi connectivity index (χ1n) is 5.15. The number of hydrogen-bond donors (Lipinski definition) is 3. The van der Waals surface area contributed by atoms with Gasteiger partial charge in [-0.3, -0.25) is 4.57 Å². The topological polar surface area (TPSA) is 80.6 Å². The average molecular weight is 214 g/mol. The summed E-state index contributed by atoms with van der Waals surface area (Å²) in [6.45, 7) is 1.22. The summed E-state index contributed by atoms with van der Waals surface area (Å²) in [5.41, 5.74) is 0. The lowest BCUT2D eigenvalue weighted by Crippen LogP contribution is -2.01. The zero-order valence-electron chi connectivity index (χ0n) is 8.72. The number of rotatable bonds is 7. The van der Waals surface area contributed by atoms with Crippen molar-refractivity contribution < 1.29 is 15.1 Å². The Bertz CT molecular complexity index is 267. The van der Waals surface area contributed by atoms with Gasteiger partial charge in [0.15, 0.2) is 11.8 Å². The van der Waals surface area contributed by atoms with E-state index in [0.717, 1.165) is 25.7 Å². The van der Waals surface area contributed by atoms with E-state index in [0.29, 0.717) is 13.2 Å². The van der Waals surface area contributed by atoms with Crippen LogP contribution < -0.4 is 5.90 Å². The predicted molar refractivity (Wildman–Crippen MR) is 56.4 cm³/mol. The maximum Gasteiger partial charge on any atom is 0.193 e. The minimum Gasteiger partial charge on any atom is -0.494 e. The highest BCUT2D eigenvalue weighted by molar-refractivity contribution is 5.23. The minimum atomic E-state index is 0.109. The number of nitrogens with two attached hydrogens (primary N) is 1. The summed E-state index contributed by atoms with van der Waals surface area (Å²) in [6.07, 6.45) is 3.93. The molecular weight excluding hydrogens is 196 g/mol. The molecule has 0 saturated carbocycles. The summed E-state index contributed by atoms with van der Waals surface area (Å²) in [5.74, 6) is 5.11. The SMILES string of the molecule is NOCCCCCCn1c(O)ccc1O. The molecular formula is C10H18N2O3. The molecule has 0 aliphatic carbocycles. The zero-order valence-corrected chi connectivity index (χ0v) is 8.72. The lowest BCUT2D eigenvalue weighted by molar-refractivity contribution is 0.133. The Kier molecular flexibility index (Phi) is 5.00. The molecule has 0 aliphatic heterocycles. The van der Waals surface area contributed by atoms with Crippen molar-refractivity contribution in [3.63, 3.8) is 0 Å². The Morgan fingerprint density at radius 2 is 1.67 bits per heavy atom. The number of hydrogen-bond acceptors (Lipinski definition) is 4. The van der Waals surface area contributed by atoms with E-state index in [1.807, 2.05) is 0 Å². The average Bonchev–Trinajstić information content (AvgIpc) is 2.54.